The summed E-state index contributed by atoms with van der Waals surface area (Å²) in [5.41, 5.74) is 0.720. The molecule has 0 aliphatic rings. The molecule has 0 saturated heterocycles. The first kappa shape index (κ1) is 35.4. The van der Waals surface area contributed by atoms with Crippen LogP contribution < -0.4 is 10.6 Å². The molecule has 3 aromatic carbocycles. The van der Waals surface area contributed by atoms with Crippen LogP contribution in [0, 0.1) is 18.8 Å². The Balaban J connectivity index is 2.16. The second-order valence-corrected chi connectivity index (χ2v) is 13.5. The highest BCUT2D eigenvalue weighted by Crippen LogP contribution is 2.36. The van der Waals surface area contributed by atoms with Crippen molar-refractivity contribution >= 4 is 34.4 Å². The molecule has 0 aliphatic heterocycles. The molecule has 3 amide bonds. The highest BCUT2D eigenvalue weighted by atomic mass is 16.6. The Morgan fingerprint density at radius 2 is 1.58 bits per heavy atom. The van der Waals surface area contributed by atoms with Crippen LogP contribution in [0.15, 0.2) is 60.7 Å². The highest BCUT2D eigenvalue weighted by Gasteiger charge is 2.41. The summed E-state index contributed by atoms with van der Waals surface area (Å²) in [6.07, 6.45) is 1.34. The maximum Gasteiger partial charge on any atom is 0.408 e. The average molecular weight is 618 g/mol. The highest BCUT2D eigenvalue weighted by molar-refractivity contribution is 6.01. The van der Waals surface area contributed by atoms with Crippen LogP contribution in [0.4, 0.5) is 10.5 Å². The lowest BCUT2D eigenvalue weighted by Crippen LogP contribution is -2.57. The number of ether oxygens (including phenoxy) is 1. The van der Waals surface area contributed by atoms with Gasteiger partial charge in [-0.15, -0.1) is 0 Å². The summed E-state index contributed by atoms with van der Waals surface area (Å²) in [5, 5.41) is 19.2. The van der Waals surface area contributed by atoms with Crippen molar-refractivity contribution < 1.29 is 24.2 Å². The van der Waals surface area contributed by atoms with Crippen LogP contribution in [-0.2, 0) is 14.3 Å². The zero-order valence-electron chi connectivity index (χ0n) is 28.3. The molecular formula is C37H51N3O5. The number of alkyl carbamates (subject to hydrolysis) is 1. The van der Waals surface area contributed by atoms with Gasteiger partial charge in [-0.2, -0.15) is 0 Å². The predicted octanol–water partition coefficient (Wildman–Crippen LogP) is 8.13. The largest absolute Gasteiger partial charge is 0.507 e. The van der Waals surface area contributed by atoms with Gasteiger partial charge in [0.25, 0.3) is 5.91 Å². The van der Waals surface area contributed by atoms with Gasteiger partial charge in [-0.05, 0) is 87.8 Å². The summed E-state index contributed by atoms with van der Waals surface area (Å²) in [6.45, 7) is 17.0. The standard InChI is InChI=1S/C37H51N3O5/c1-10-24(4)31(39-36(44)45-37(7,8)9)35(43)40(26(6)19-18-23(2)3)32(30-17-13-14-25(5)33(30)41)34(42)38-29-21-20-27-15-11-12-16-28(27)22-29/h11-17,20-24,26,31-32,41H,10,18-19H2,1-9H3,(H,38,42)(H,39,44). The molecule has 8 nitrogen and oxygen atoms in total. The van der Waals surface area contributed by atoms with E-state index >= 15 is 0 Å². The zero-order chi connectivity index (χ0) is 33.5. The number of aryl methyl sites for hydroxylation is 1. The van der Waals surface area contributed by atoms with Crippen LogP contribution >= 0.6 is 0 Å². The topological polar surface area (TPSA) is 108 Å². The van der Waals surface area contributed by atoms with Crippen LogP contribution in [0.5, 0.6) is 5.75 Å². The van der Waals surface area contributed by atoms with Crippen molar-refractivity contribution in [2.45, 2.75) is 105 Å². The minimum atomic E-state index is -1.18. The number of hydrogen-bond acceptors (Lipinski definition) is 5. The van der Waals surface area contributed by atoms with Crippen LogP contribution in [0.1, 0.15) is 91.8 Å². The lowest BCUT2D eigenvalue weighted by atomic mass is 9.92. The third-order valence-corrected chi connectivity index (χ3v) is 8.15. The van der Waals surface area contributed by atoms with Gasteiger partial charge in [0.1, 0.15) is 23.4 Å². The number of fused-ring (bicyclic) bond motifs is 1. The minimum Gasteiger partial charge on any atom is -0.507 e. The van der Waals surface area contributed by atoms with Crippen LogP contribution in [0.2, 0.25) is 0 Å². The molecule has 0 saturated carbocycles. The average Bonchev–Trinajstić information content (AvgIpc) is 2.97. The number of phenolic OH excluding ortho intramolecular Hbond substituents is 1. The second kappa shape index (κ2) is 15.3. The molecule has 0 bridgehead atoms. The number of aromatic hydroxyl groups is 1. The fourth-order valence-corrected chi connectivity index (χ4v) is 5.39. The molecule has 0 aliphatic carbocycles. The molecule has 3 N–H and O–H groups in total. The summed E-state index contributed by atoms with van der Waals surface area (Å²) in [6, 6.07) is 16.2. The fraction of sp³-hybridized carbons (Fsp3) is 0.486. The second-order valence-electron chi connectivity index (χ2n) is 13.5. The van der Waals surface area contributed by atoms with E-state index < -0.39 is 41.6 Å². The monoisotopic (exact) mass is 617 g/mol. The van der Waals surface area contributed by atoms with Crippen molar-refractivity contribution in [2.75, 3.05) is 5.32 Å². The molecule has 244 valence electrons. The SMILES string of the molecule is CCC(C)C(NC(=O)OC(C)(C)C)C(=O)N(C(C)CCC(C)C)C(C(=O)Nc1ccc2ccccc2c1)c1cccc(C)c1O. The van der Waals surface area contributed by atoms with Gasteiger partial charge in [0.15, 0.2) is 0 Å². The maximum absolute atomic E-state index is 14.8. The molecule has 0 aromatic heterocycles. The quantitative estimate of drug-likeness (QED) is 0.190. The molecule has 3 rings (SSSR count). The number of rotatable bonds is 12. The number of carbonyl (C=O) groups excluding carboxylic acids is 3. The lowest BCUT2D eigenvalue weighted by molar-refractivity contribution is -0.144. The molecule has 4 unspecified atom stereocenters. The molecule has 45 heavy (non-hydrogen) atoms. The number of hydrogen-bond donors (Lipinski definition) is 3. The van der Waals surface area contributed by atoms with Gasteiger partial charge in [0.2, 0.25) is 5.91 Å². The summed E-state index contributed by atoms with van der Waals surface area (Å²) in [4.78, 5) is 43.8. The Kier molecular flexibility index (Phi) is 12.0. The lowest BCUT2D eigenvalue weighted by Gasteiger charge is -2.40. The van der Waals surface area contributed by atoms with Gasteiger partial charge >= 0.3 is 6.09 Å². The number of anilines is 1. The molecule has 0 fully saturated rings. The smallest absolute Gasteiger partial charge is 0.408 e. The third kappa shape index (κ3) is 9.46. The number of amides is 3. The van der Waals surface area contributed by atoms with E-state index in [1.807, 2.05) is 63.2 Å². The van der Waals surface area contributed by atoms with E-state index in [4.69, 9.17) is 4.74 Å². The predicted molar refractivity (Wildman–Crippen MR) is 181 cm³/mol. The van der Waals surface area contributed by atoms with Crippen LogP contribution in [0.3, 0.4) is 0 Å². The van der Waals surface area contributed by atoms with Gasteiger partial charge < -0.3 is 25.4 Å². The van der Waals surface area contributed by atoms with E-state index in [1.54, 1.807) is 50.8 Å². The number of phenols is 1. The number of para-hydroxylation sites is 1. The molecule has 0 radical (unpaired) electrons. The number of nitrogens with zero attached hydrogens (tertiary/aromatic N) is 1. The molecular weight excluding hydrogens is 566 g/mol. The summed E-state index contributed by atoms with van der Waals surface area (Å²) < 4.78 is 5.53. The van der Waals surface area contributed by atoms with E-state index in [9.17, 15) is 19.5 Å². The van der Waals surface area contributed by atoms with Crippen molar-refractivity contribution in [3.05, 3.63) is 71.8 Å². The summed E-state index contributed by atoms with van der Waals surface area (Å²) in [7, 11) is 0. The first-order valence-electron chi connectivity index (χ1n) is 16.0. The van der Waals surface area contributed by atoms with E-state index in [0.29, 0.717) is 35.6 Å². The van der Waals surface area contributed by atoms with E-state index in [-0.39, 0.29) is 11.7 Å². The number of nitrogens with one attached hydrogen (secondary N) is 2. The normalized spacial score (nSPS) is 14.4. The Hall–Kier alpha value is -4.07. The van der Waals surface area contributed by atoms with E-state index in [0.717, 1.165) is 17.2 Å². The molecule has 0 heterocycles. The Morgan fingerprint density at radius 3 is 2.20 bits per heavy atom. The zero-order valence-corrected chi connectivity index (χ0v) is 28.3. The minimum absolute atomic E-state index is 0.0507. The Bertz CT molecular complexity index is 1480. The first-order chi connectivity index (χ1) is 21.1. The molecule has 8 heteroatoms. The number of carbonyl (C=O) groups is 3. The fourth-order valence-electron chi connectivity index (χ4n) is 5.39. The van der Waals surface area contributed by atoms with Crippen molar-refractivity contribution in [2.24, 2.45) is 11.8 Å². The molecule has 3 aromatic rings. The van der Waals surface area contributed by atoms with Gasteiger partial charge in [0.05, 0.1) is 0 Å². The van der Waals surface area contributed by atoms with Gasteiger partial charge in [-0.25, -0.2) is 4.79 Å². The Morgan fingerprint density at radius 1 is 0.911 bits per heavy atom. The molecule has 4 atom stereocenters. The van der Waals surface area contributed by atoms with Crippen molar-refractivity contribution in [1.82, 2.24) is 10.2 Å². The van der Waals surface area contributed by atoms with E-state index in [2.05, 4.69) is 24.5 Å². The van der Waals surface area contributed by atoms with Crippen molar-refractivity contribution in [1.29, 1.82) is 0 Å². The first-order valence-corrected chi connectivity index (χ1v) is 16.0. The van der Waals surface area contributed by atoms with Crippen LogP contribution in [-0.4, -0.2) is 45.6 Å². The van der Waals surface area contributed by atoms with Crippen molar-refractivity contribution in [3.63, 3.8) is 0 Å². The summed E-state index contributed by atoms with van der Waals surface area (Å²) >= 11 is 0. The molecule has 0 spiro atoms. The van der Waals surface area contributed by atoms with Crippen molar-refractivity contribution in [3.8, 4) is 5.75 Å². The van der Waals surface area contributed by atoms with Gasteiger partial charge in [-0.1, -0.05) is 82.6 Å². The summed E-state index contributed by atoms with van der Waals surface area (Å²) in [5.74, 6) is -0.820. The third-order valence-electron chi connectivity index (χ3n) is 8.15. The van der Waals surface area contributed by atoms with E-state index in [1.165, 1.54) is 0 Å². The maximum atomic E-state index is 14.8. The number of benzene rings is 3. The van der Waals surface area contributed by atoms with Gasteiger partial charge in [0, 0.05) is 17.3 Å². The Labute approximate surface area is 268 Å². The van der Waals surface area contributed by atoms with Gasteiger partial charge in [-0.3, -0.25) is 9.59 Å². The van der Waals surface area contributed by atoms with Crippen LogP contribution in [0.25, 0.3) is 10.8 Å².